The van der Waals surface area contributed by atoms with Crippen LogP contribution in [0.25, 0.3) is 22.5 Å². The summed E-state index contributed by atoms with van der Waals surface area (Å²) in [6.45, 7) is 3.28. The average molecular weight is 719 g/mol. The van der Waals surface area contributed by atoms with Gasteiger partial charge in [-0.2, -0.15) is 0 Å². The predicted molar refractivity (Wildman–Crippen MR) is 187 cm³/mol. The van der Waals surface area contributed by atoms with Crippen molar-refractivity contribution in [2.24, 2.45) is 11.8 Å². The van der Waals surface area contributed by atoms with Crippen LogP contribution in [-0.2, 0) is 19.7 Å². The number of nitrogens with one attached hydrogen (secondary N) is 2. The number of nitrogens with zero attached hydrogens (tertiary/aromatic N) is 8. The number of aromatic nitrogens is 8. The molecule has 2 aliphatic carbocycles. The molecule has 16 heteroatoms. The van der Waals surface area contributed by atoms with Crippen molar-refractivity contribution >= 4 is 11.8 Å². The van der Waals surface area contributed by atoms with Crippen LogP contribution in [0.15, 0.2) is 88.2 Å². The van der Waals surface area contributed by atoms with Gasteiger partial charge in [-0.1, -0.05) is 51.1 Å². The third-order valence-corrected chi connectivity index (χ3v) is 9.75. The highest BCUT2D eigenvalue weighted by molar-refractivity contribution is 5.93. The van der Waals surface area contributed by atoms with E-state index in [2.05, 4.69) is 41.6 Å². The molecule has 0 saturated heterocycles. The Balaban J connectivity index is 0.743. The molecular weight excluding hydrogens is 680 g/mol. The Hall–Kier alpha value is -6.16. The molecule has 2 fully saturated rings. The summed E-state index contributed by atoms with van der Waals surface area (Å²) < 4.78 is 20.1. The summed E-state index contributed by atoms with van der Waals surface area (Å²) in [7, 11) is 0. The van der Waals surface area contributed by atoms with E-state index in [1.54, 1.807) is 29.9 Å². The highest BCUT2D eigenvalue weighted by Gasteiger charge is 2.33. The molecule has 0 spiro atoms. The van der Waals surface area contributed by atoms with E-state index in [-0.39, 0.29) is 42.0 Å². The molecule has 6 aromatic rings. The summed E-state index contributed by atoms with van der Waals surface area (Å²) in [6, 6.07) is 20.3. The first-order valence-electron chi connectivity index (χ1n) is 17.6. The molecule has 1 atom stereocenters. The molecule has 0 bridgehead atoms. The minimum atomic E-state index is -0.635. The number of amides is 2. The van der Waals surface area contributed by atoms with Gasteiger partial charge in [-0.25, -0.2) is 4.68 Å². The lowest BCUT2D eigenvalue weighted by molar-refractivity contribution is 0.0832. The van der Waals surface area contributed by atoms with Crippen LogP contribution in [0.4, 0.5) is 0 Å². The fourth-order valence-corrected chi connectivity index (χ4v) is 6.78. The van der Waals surface area contributed by atoms with E-state index in [4.69, 9.17) is 13.8 Å². The fraction of sp³-hybridized carbons (Fsp3) is 0.351. The average Bonchev–Trinajstić information content (AvgIpc) is 3.97. The number of ether oxygens (including phenoxy) is 1. The van der Waals surface area contributed by atoms with E-state index < -0.39 is 6.10 Å². The Kier molecular flexibility index (Phi) is 9.50. The summed E-state index contributed by atoms with van der Waals surface area (Å²) in [5, 5.41) is 40.4. The summed E-state index contributed by atoms with van der Waals surface area (Å²) in [4.78, 5) is 25.5. The number of benzene rings is 2. The van der Waals surface area contributed by atoms with Gasteiger partial charge in [0.25, 0.3) is 11.8 Å². The number of aliphatic hydroxyl groups is 1. The zero-order chi connectivity index (χ0) is 36.3. The lowest BCUT2D eigenvalue weighted by Gasteiger charge is -2.35. The van der Waals surface area contributed by atoms with Gasteiger partial charge in [0.15, 0.2) is 0 Å². The number of carbonyl (C=O) groups excluding carboxylic acids is 2. The minimum absolute atomic E-state index is 0.0313. The Bertz CT molecular complexity index is 2160. The number of hydrogen-bond donors (Lipinski definition) is 3. The van der Waals surface area contributed by atoms with E-state index in [9.17, 15) is 14.7 Å². The van der Waals surface area contributed by atoms with Crippen LogP contribution < -0.4 is 15.4 Å². The number of rotatable bonds is 14. The Morgan fingerprint density at radius 1 is 0.849 bits per heavy atom. The predicted octanol–water partition coefficient (Wildman–Crippen LogP) is 4.23. The van der Waals surface area contributed by atoms with Crippen molar-refractivity contribution in [3.8, 4) is 28.3 Å². The highest BCUT2D eigenvalue weighted by Crippen LogP contribution is 2.31. The maximum Gasteiger partial charge on any atom is 0.290 e. The first-order valence-corrected chi connectivity index (χ1v) is 17.6. The quantitative estimate of drug-likeness (QED) is 0.145. The summed E-state index contributed by atoms with van der Waals surface area (Å²) >= 11 is 0. The van der Waals surface area contributed by atoms with Gasteiger partial charge in [0.2, 0.25) is 11.5 Å². The second-order valence-corrected chi connectivity index (χ2v) is 13.8. The third kappa shape index (κ3) is 7.86. The molecule has 3 N–H and O–H groups in total. The van der Waals surface area contributed by atoms with E-state index in [0.717, 1.165) is 36.8 Å². The van der Waals surface area contributed by atoms with Crippen LogP contribution in [0, 0.1) is 11.8 Å². The minimum Gasteiger partial charge on any atom is -0.487 e. The summed E-state index contributed by atoms with van der Waals surface area (Å²) in [6.07, 6.45) is 6.07. The standard InChI is InChI=1S/C37H38N10O6/c1-22(48)33-17-38-44-47(33)19-24-13-28(14-24)40-37(50)35-16-32(43-53-35)26-7-9-30(10-8-26)51-21-29-20-46(45-41-29)18-23-11-27(12-23)39-36(49)34-15-31(42-52-34)25-5-3-2-4-6-25/h2-10,15-17,20,22-24,27-28,48H,11-14,18-19,21H2,1H3,(H,39,49)(H,40,50)/t22-,23?,24?,27?,28?/m1/s1. The van der Waals surface area contributed by atoms with Crippen molar-refractivity contribution < 1.29 is 28.5 Å². The summed E-state index contributed by atoms with van der Waals surface area (Å²) in [5.41, 5.74) is 4.23. The van der Waals surface area contributed by atoms with Crippen molar-refractivity contribution in [2.45, 2.75) is 70.5 Å². The lowest BCUT2D eigenvalue weighted by atomic mass is 9.80. The van der Waals surface area contributed by atoms with Gasteiger partial charge in [-0.05, 0) is 68.7 Å². The largest absolute Gasteiger partial charge is 0.487 e. The molecule has 53 heavy (non-hydrogen) atoms. The van der Waals surface area contributed by atoms with Gasteiger partial charge in [-0.3, -0.25) is 14.3 Å². The molecule has 272 valence electrons. The molecule has 0 aliphatic heterocycles. The SMILES string of the molecule is C[C@@H](O)c1cnnn1CC1CC(NC(=O)c2cc(-c3ccc(OCc4cn(CC5CC(NC(=O)c6cc(-c7ccccc7)no6)C5)nn4)cc3)no2)C1. The van der Waals surface area contributed by atoms with Crippen LogP contribution in [0.3, 0.4) is 0 Å². The molecule has 16 nitrogen and oxygen atoms in total. The molecular formula is C37H38N10O6. The molecule has 4 aromatic heterocycles. The highest BCUT2D eigenvalue weighted by atomic mass is 16.5. The Morgan fingerprint density at radius 2 is 1.45 bits per heavy atom. The lowest BCUT2D eigenvalue weighted by Crippen LogP contribution is -2.45. The van der Waals surface area contributed by atoms with Crippen molar-refractivity contribution in [3.63, 3.8) is 0 Å². The molecule has 4 heterocycles. The zero-order valence-electron chi connectivity index (χ0n) is 28.9. The molecule has 0 unspecified atom stereocenters. The van der Waals surface area contributed by atoms with E-state index in [0.29, 0.717) is 53.5 Å². The van der Waals surface area contributed by atoms with Crippen molar-refractivity contribution in [3.05, 3.63) is 102 Å². The van der Waals surface area contributed by atoms with Gasteiger partial charge in [0.05, 0.1) is 24.2 Å². The smallest absolute Gasteiger partial charge is 0.290 e. The molecule has 2 saturated carbocycles. The Morgan fingerprint density at radius 3 is 2.08 bits per heavy atom. The maximum absolute atomic E-state index is 12.8. The van der Waals surface area contributed by atoms with Crippen molar-refractivity contribution in [2.75, 3.05) is 0 Å². The van der Waals surface area contributed by atoms with Crippen molar-refractivity contribution in [1.82, 2.24) is 50.9 Å². The van der Waals surface area contributed by atoms with Crippen molar-refractivity contribution in [1.29, 1.82) is 0 Å². The second kappa shape index (κ2) is 14.8. The fourth-order valence-electron chi connectivity index (χ4n) is 6.78. The number of hydrogen-bond acceptors (Lipinski definition) is 12. The van der Waals surface area contributed by atoms with Gasteiger partial charge in [-0.15, -0.1) is 10.2 Å². The first-order chi connectivity index (χ1) is 25.8. The van der Waals surface area contributed by atoms with E-state index in [1.807, 2.05) is 65.5 Å². The van der Waals surface area contributed by atoms with Crippen LogP contribution in [-0.4, -0.2) is 69.3 Å². The van der Waals surface area contributed by atoms with E-state index in [1.165, 1.54) is 0 Å². The molecule has 8 rings (SSSR count). The van der Waals surface area contributed by atoms with Crippen LogP contribution in [0.5, 0.6) is 5.75 Å². The number of carbonyl (C=O) groups is 2. The zero-order valence-corrected chi connectivity index (χ0v) is 28.9. The second-order valence-electron chi connectivity index (χ2n) is 13.8. The molecule has 2 aromatic carbocycles. The Labute approximate surface area is 303 Å². The van der Waals surface area contributed by atoms with Gasteiger partial charge >= 0.3 is 0 Å². The normalized spacial score (nSPS) is 19.9. The van der Waals surface area contributed by atoms with E-state index >= 15 is 0 Å². The first kappa shape index (κ1) is 34.0. The maximum atomic E-state index is 12.8. The molecule has 2 amide bonds. The number of aliphatic hydroxyl groups excluding tert-OH is 1. The van der Waals surface area contributed by atoms with Gasteiger partial charge < -0.3 is 29.5 Å². The van der Waals surface area contributed by atoms with Crippen LogP contribution in [0.1, 0.15) is 71.2 Å². The van der Waals surface area contributed by atoms with Gasteiger partial charge in [0, 0.05) is 48.4 Å². The molecule has 2 aliphatic rings. The molecule has 0 radical (unpaired) electrons. The van der Waals surface area contributed by atoms with Gasteiger partial charge in [0.1, 0.15) is 29.4 Å². The topological polar surface area (TPSA) is 201 Å². The monoisotopic (exact) mass is 718 g/mol. The summed E-state index contributed by atoms with van der Waals surface area (Å²) in [5.74, 6) is 1.12. The third-order valence-electron chi connectivity index (χ3n) is 9.75. The van der Waals surface area contributed by atoms with Crippen LogP contribution in [0.2, 0.25) is 0 Å². The van der Waals surface area contributed by atoms with Crippen LogP contribution >= 0.6 is 0 Å².